The van der Waals surface area contributed by atoms with Crippen LogP contribution in [0.1, 0.15) is 49.1 Å². The van der Waals surface area contributed by atoms with E-state index in [2.05, 4.69) is 15.8 Å². The smallest absolute Gasteiger partial charge is 0.322 e. The Balaban J connectivity index is 1.51. The maximum atomic E-state index is 14.2. The lowest BCUT2D eigenvalue weighted by molar-refractivity contribution is -0.139. The summed E-state index contributed by atoms with van der Waals surface area (Å²) in [7, 11) is 0. The van der Waals surface area contributed by atoms with Gasteiger partial charge in [0.25, 0.3) is 5.91 Å². The summed E-state index contributed by atoms with van der Waals surface area (Å²) in [6.45, 7) is 3.48. The van der Waals surface area contributed by atoms with Crippen LogP contribution in [0.25, 0.3) is 5.69 Å². The maximum absolute atomic E-state index is 14.2. The van der Waals surface area contributed by atoms with E-state index >= 15 is 0 Å². The van der Waals surface area contributed by atoms with Gasteiger partial charge in [0, 0.05) is 11.3 Å². The van der Waals surface area contributed by atoms with Crippen molar-refractivity contribution in [1.82, 2.24) is 25.5 Å². The van der Waals surface area contributed by atoms with Crippen LogP contribution in [0.5, 0.6) is 0 Å². The summed E-state index contributed by atoms with van der Waals surface area (Å²) < 4.78 is 15.6. The van der Waals surface area contributed by atoms with Crippen LogP contribution in [0.15, 0.2) is 24.3 Å². The fourth-order valence-electron chi connectivity index (χ4n) is 4.33. The zero-order chi connectivity index (χ0) is 21.5. The van der Waals surface area contributed by atoms with E-state index in [0.717, 1.165) is 24.3 Å². The van der Waals surface area contributed by atoms with E-state index in [0.29, 0.717) is 29.8 Å². The fraction of sp³-hybridized carbons (Fsp3) is 0.429. The van der Waals surface area contributed by atoms with E-state index in [9.17, 15) is 18.8 Å². The second-order valence-electron chi connectivity index (χ2n) is 7.94. The molecule has 4 amide bonds. The molecule has 0 unspecified atom stereocenters. The Hall–Kier alpha value is -3.23. The molecule has 0 bridgehead atoms. The number of halogens is 1. The number of amides is 4. The van der Waals surface area contributed by atoms with E-state index in [4.69, 9.17) is 0 Å². The SMILES string of the molecule is Cc1nn(-c2ccccc2F)c(C)c1CC(=O)NN1C(=O)NC2(CCCCC2)C1=O. The second kappa shape index (κ2) is 7.55. The largest absolute Gasteiger partial charge is 0.344 e. The zero-order valence-corrected chi connectivity index (χ0v) is 17.0. The van der Waals surface area contributed by atoms with Crippen molar-refractivity contribution in [1.29, 1.82) is 0 Å². The van der Waals surface area contributed by atoms with Gasteiger partial charge < -0.3 is 5.32 Å². The third-order valence-electron chi connectivity index (χ3n) is 5.96. The number of nitrogens with zero attached hydrogens (tertiary/aromatic N) is 3. The number of hydrazine groups is 1. The van der Waals surface area contributed by atoms with E-state index in [1.807, 2.05) is 0 Å². The number of urea groups is 1. The van der Waals surface area contributed by atoms with Crippen molar-refractivity contribution in [2.45, 2.75) is 57.9 Å². The second-order valence-corrected chi connectivity index (χ2v) is 7.94. The van der Waals surface area contributed by atoms with Gasteiger partial charge in [-0.2, -0.15) is 10.1 Å². The van der Waals surface area contributed by atoms with Crippen LogP contribution in [0, 0.1) is 19.7 Å². The molecule has 4 rings (SSSR count). The van der Waals surface area contributed by atoms with Crippen LogP contribution < -0.4 is 10.7 Å². The van der Waals surface area contributed by atoms with E-state index in [-0.39, 0.29) is 12.1 Å². The van der Waals surface area contributed by atoms with Gasteiger partial charge in [-0.25, -0.2) is 13.9 Å². The van der Waals surface area contributed by atoms with Crippen LogP contribution in [0.3, 0.4) is 0 Å². The molecule has 158 valence electrons. The molecule has 1 aliphatic carbocycles. The lowest BCUT2D eigenvalue weighted by Crippen LogP contribution is -2.51. The highest BCUT2D eigenvalue weighted by Gasteiger charge is 2.52. The molecular formula is C21H24FN5O3. The van der Waals surface area contributed by atoms with Gasteiger partial charge in [0.05, 0.1) is 12.1 Å². The molecule has 30 heavy (non-hydrogen) atoms. The summed E-state index contributed by atoms with van der Waals surface area (Å²) in [5, 5.41) is 7.91. The molecule has 2 fully saturated rings. The molecule has 2 heterocycles. The predicted octanol–water partition coefficient (Wildman–Crippen LogP) is 2.46. The van der Waals surface area contributed by atoms with Gasteiger partial charge in [0.1, 0.15) is 17.0 Å². The molecule has 2 N–H and O–H groups in total. The Labute approximate surface area is 173 Å². The highest BCUT2D eigenvalue weighted by molar-refractivity contribution is 6.08. The Kier molecular flexibility index (Phi) is 5.05. The van der Waals surface area contributed by atoms with Gasteiger partial charge in [-0.3, -0.25) is 15.0 Å². The highest BCUT2D eigenvalue weighted by Crippen LogP contribution is 2.33. The first-order chi connectivity index (χ1) is 14.3. The molecule has 2 aliphatic rings. The number of carbonyl (C=O) groups excluding carboxylic acids is 3. The molecule has 8 nitrogen and oxygen atoms in total. The Bertz CT molecular complexity index is 1030. The Morgan fingerprint density at radius 3 is 2.60 bits per heavy atom. The van der Waals surface area contributed by atoms with E-state index < -0.39 is 29.2 Å². The molecule has 1 aromatic heterocycles. The Morgan fingerprint density at radius 1 is 1.20 bits per heavy atom. The first-order valence-electron chi connectivity index (χ1n) is 10.1. The van der Waals surface area contributed by atoms with Gasteiger partial charge in [-0.15, -0.1) is 0 Å². The number of carbonyl (C=O) groups is 3. The van der Waals surface area contributed by atoms with Crippen LogP contribution in [0.4, 0.5) is 9.18 Å². The summed E-state index contributed by atoms with van der Waals surface area (Å²) >= 11 is 0. The van der Waals surface area contributed by atoms with Crippen molar-refractivity contribution in [2.75, 3.05) is 0 Å². The molecule has 1 spiro atoms. The molecule has 9 heteroatoms. The summed E-state index contributed by atoms with van der Waals surface area (Å²) in [6.07, 6.45) is 3.83. The Morgan fingerprint density at radius 2 is 1.90 bits per heavy atom. The number of aromatic nitrogens is 2. The van der Waals surface area contributed by atoms with Crippen LogP contribution in [-0.2, 0) is 16.0 Å². The first kappa shape index (κ1) is 20.1. The van der Waals surface area contributed by atoms with Gasteiger partial charge in [-0.1, -0.05) is 31.4 Å². The number of aryl methyl sites for hydroxylation is 1. The van der Waals surface area contributed by atoms with Crippen molar-refractivity contribution in [3.8, 4) is 5.69 Å². The number of hydrogen-bond donors (Lipinski definition) is 2. The average Bonchev–Trinajstić information content (AvgIpc) is 3.11. The van der Waals surface area contributed by atoms with Gasteiger partial charge >= 0.3 is 6.03 Å². The third-order valence-corrected chi connectivity index (χ3v) is 5.96. The van der Waals surface area contributed by atoms with Crippen LogP contribution in [-0.4, -0.2) is 38.2 Å². The van der Waals surface area contributed by atoms with Crippen LogP contribution >= 0.6 is 0 Å². The number of hydrogen-bond acceptors (Lipinski definition) is 4. The van der Waals surface area contributed by atoms with Crippen molar-refractivity contribution in [3.63, 3.8) is 0 Å². The normalized spacial score (nSPS) is 18.0. The summed E-state index contributed by atoms with van der Waals surface area (Å²) in [4.78, 5) is 37.8. The quantitative estimate of drug-likeness (QED) is 0.753. The minimum absolute atomic E-state index is 0.0871. The average molecular weight is 413 g/mol. The molecule has 1 saturated carbocycles. The fourth-order valence-corrected chi connectivity index (χ4v) is 4.33. The first-order valence-corrected chi connectivity index (χ1v) is 10.1. The van der Waals surface area contributed by atoms with Crippen molar-refractivity contribution in [3.05, 3.63) is 47.0 Å². The predicted molar refractivity (Wildman–Crippen MR) is 106 cm³/mol. The zero-order valence-electron chi connectivity index (χ0n) is 17.0. The molecule has 0 atom stereocenters. The molecular weight excluding hydrogens is 389 g/mol. The minimum Gasteiger partial charge on any atom is -0.322 e. The number of nitrogens with one attached hydrogen (secondary N) is 2. The van der Waals surface area contributed by atoms with Gasteiger partial charge in [0.2, 0.25) is 5.91 Å². The van der Waals surface area contributed by atoms with Crippen molar-refractivity contribution < 1.29 is 18.8 Å². The minimum atomic E-state index is -0.899. The number of imide groups is 1. The highest BCUT2D eigenvalue weighted by atomic mass is 19.1. The molecule has 1 aliphatic heterocycles. The van der Waals surface area contributed by atoms with E-state index in [1.54, 1.807) is 32.0 Å². The topological polar surface area (TPSA) is 96.3 Å². The van der Waals surface area contributed by atoms with Crippen molar-refractivity contribution >= 4 is 17.8 Å². The number of rotatable bonds is 4. The van der Waals surface area contributed by atoms with Crippen molar-refractivity contribution in [2.24, 2.45) is 0 Å². The van der Waals surface area contributed by atoms with Gasteiger partial charge in [-0.05, 0) is 38.8 Å². The third kappa shape index (κ3) is 3.34. The monoisotopic (exact) mass is 413 g/mol. The molecule has 1 saturated heterocycles. The lowest BCUT2D eigenvalue weighted by atomic mass is 9.82. The standard InChI is InChI=1S/C21H24FN5O3/c1-13-15(14(2)26(24-13)17-9-5-4-8-16(17)22)12-18(28)25-27-19(29)21(23-20(27)30)10-6-3-7-11-21/h4-5,8-9H,3,6-7,10-12H2,1-2H3,(H,23,30)(H,25,28). The van der Waals surface area contributed by atoms with Crippen LogP contribution in [0.2, 0.25) is 0 Å². The molecule has 0 radical (unpaired) electrons. The van der Waals surface area contributed by atoms with E-state index in [1.165, 1.54) is 10.7 Å². The summed E-state index contributed by atoms with van der Waals surface area (Å²) in [6, 6.07) is 5.65. The number of benzene rings is 1. The molecule has 2 aromatic rings. The lowest BCUT2D eigenvalue weighted by Gasteiger charge is -2.30. The number of para-hydroxylation sites is 1. The summed E-state index contributed by atoms with van der Waals surface area (Å²) in [5.74, 6) is -1.34. The maximum Gasteiger partial charge on any atom is 0.344 e. The summed E-state index contributed by atoms with van der Waals surface area (Å²) in [5.41, 5.74) is 3.64. The molecule has 1 aromatic carbocycles. The van der Waals surface area contributed by atoms with Gasteiger partial charge in [0.15, 0.2) is 0 Å².